The Hall–Kier alpha value is -1.68. The zero-order valence-electron chi connectivity index (χ0n) is 13.5. The summed E-state index contributed by atoms with van der Waals surface area (Å²) in [5.41, 5.74) is 1.63. The molecule has 1 aromatic carbocycles. The summed E-state index contributed by atoms with van der Waals surface area (Å²) in [6.07, 6.45) is 0. The molecular weight excluding hydrogens is 264 g/mol. The van der Waals surface area contributed by atoms with Gasteiger partial charge in [-0.1, -0.05) is 45.0 Å². The number of hydrogen-bond acceptors (Lipinski definition) is 3. The minimum atomic E-state index is -0.681. The van der Waals surface area contributed by atoms with Crippen molar-refractivity contribution < 1.29 is 9.59 Å². The van der Waals surface area contributed by atoms with Gasteiger partial charge in [-0.05, 0) is 30.4 Å². The van der Waals surface area contributed by atoms with E-state index in [1.54, 1.807) is 13.8 Å². The Morgan fingerprint density at radius 1 is 1.14 bits per heavy atom. The first-order valence-electron chi connectivity index (χ1n) is 7.30. The van der Waals surface area contributed by atoms with Gasteiger partial charge in [-0.15, -0.1) is 0 Å². The molecule has 0 aliphatic carbocycles. The Kier molecular flexibility index (Phi) is 3.93. The molecule has 1 aromatic rings. The van der Waals surface area contributed by atoms with E-state index >= 15 is 0 Å². The smallest absolute Gasteiger partial charge is 0.249 e. The summed E-state index contributed by atoms with van der Waals surface area (Å²) in [4.78, 5) is 25.6. The van der Waals surface area contributed by atoms with Crippen LogP contribution in [-0.4, -0.2) is 28.8 Å². The molecule has 0 atom stereocenters. The summed E-state index contributed by atoms with van der Waals surface area (Å²) in [5.74, 6) is -0.335. The molecule has 1 N–H and O–H groups in total. The number of piperazine rings is 1. The van der Waals surface area contributed by atoms with E-state index in [1.165, 1.54) is 10.5 Å². The fourth-order valence-electron chi connectivity index (χ4n) is 2.37. The third kappa shape index (κ3) is 3.32. The van der Waals surface area contributed by atoms with Gasteiger partial charge in [-0.3, -0.25) is 19.8 Å². The second kappa shape index (κ2) is 5.26. The molecular formula is C17H24N2O2. The van der Waals surface area contributed by atoms with Gasteiger partial charge in [0.1, 0.15) is 0 Å². The molecule has 1 aliphatic rings. The van der Waals surface area contributed by atoms with Crippen LogP contribution in [0.4, 0.5) is 0 Å². The average molecular weight is 288 g/mol. The van der Waals surface area contributed by atoms with Crippen molar-refractivity contribution >= 4 is 11.8 Å². The van der Waals surface area contributed by atoms with Crippen molar-refractivity contribution in [1.82, 2.24) is 10.2 Å². The molecule has 1 fully saturated rings. The normalized spacial score (nSPS) is 19.0. The quantitative estimate of drug-likeness (QED) is 0.849. The maximum atomic E-state index is 12.3. The zero-order valence-corrected chi connectivity index (χ0v) is 13.5. The van der Waals surface area contributed by atoms with Gasteiger partial charge < -0.3 is 0 Å². The van der Waals surface area contributed by atoms with Crippen LogP contribution < -0.4 is 5.32 Å². The SMILES string of the molecule is CC1(C)NCC(=O)N(Cc2ccc(C(C)(C)C)cc2)C1=O. The molecule has 21 heavy (non-hydrogen) atoms. The molecule has 0 aromatic heterocycles. The van der Waals surface area contributed by atoms with E-state index in [-0.39, 0.29) is 23.8 Å². The lowest BCUT2D eigenvalue weighted by atomic mass is 9.86. The van der Waals surface area contributed by atoms with Crippen molar-refractivity contribution in [1.29, 1.82) is 0 Å². The summed E-state index contributed by atoms with van der Waals surface area (Å²) >= 11 is 0. The van der Waals surface area contributed by atoms with E-state index in [0.717, 1.165) is 5.56 Å². The van der Waals surface area contributed by atoms with Crippen LogP contribution in [-0.2, 0) is 21.5 Å². The van der Waals surface area contributed by atoms with Crippen LogP contribution >= 0.6 is 0 Å². The Morgan fingerprint density at radius 2 is 1.71 bits per heavy atom. The van der Waals surface area contributed by atoms with E-state index in [4.69, 9.17) is 0 Å². The van der Waals surface area contributed by atoms with E-state index in [1.807, 2.05) is 12.1 Å². The minimum absolute atomic E-state index is 0.0984. The summed E-state index contributed by atoms with van der Waals surface area (Å²) in [6, 6.07) is 8.13. The lowest BCUT2D eigenvalue weighted by molar-refractivity contribution is -0.153. The molecule has 0 bridgehead atoms. The van der Waals surface area contributed by atoms with Gasteiger partial charge in [0.25, 0.3) is 0 Å². The highest BCUT2D eigenvalue weighted by atomic mass is 16.2. The second-order valence-electron chi connectivity index (χ2n) is 7.21. The first-order chi connectivity index (χ1) is 9.61. The number of carbonyl (C=O) groups is 2. The van der Waals surface area contributed by atoms with Crippen molar-refractivity contribution in [2.24, 2.45) is 0 Å². The van der Waals surface area contributed by atoms with Crippen LogP contribution in [0.3, 0.4) is 0 Å². The number of hydrogen-bond donors (Lipinski definition) is 1. The lowest BCUT2D eigenvalue weighted by Gasteiger charge is -2.36. The third-order valence-corrected chi connectivity index (χ3v) is 3.92. The predicted octanol–water partition coefficient (Wildman–Crippen LogP) is 2.22. The van der Waals surface area contributed by atoms with Crippen molar-refractivity contribution in [2.45, 2.75) is 52.1 Å². The van der Waals surface area contributed by atoms with Gasteiger partial charge >= 0.3 is 0 Å². The standard InChI is InChI=1S/C17H24N2O2/c1-16(2,3)13-8-6-12(7-9-13)11-19-14(20)10-18-17(4,5)15(19)21/h6-9,18H,10-11H2,1-5H3. The van der Waals surface area contributed by atoms with Crippen LogP contribution in [0.15, 0.2) is 24.3 Å². The second-order valence-corrected chi connectivity index (χ2v) is 7.21. The van der Waals surface area contributed by atoms with Crippen molar-refractivity contribution in [3.05, 3.63) is 35.4 Å². The molecule has 1 aliphatic heterocycles. The monoisotopic (exact) mass is 288 g/mol. The number of nitrogens with one attached hydrogen (secondary N) is 1. The number of carbonyl (C=O) groups excluding carboxylic acids is 2. The average Bonchev–Trinajstić information content (AvgIpc) is 2.39. The highest BCUT2D eigenvalue weighted by molar-refractivity contribution is 6.02. The fourth-order valence-corrected chi connectivity index (χ4v) is 2.37. The minimum Gasteiger partial charge on any atom is -0.295 e. The van der Waals surface area contributed by atoms with Crippen molar-refractivity contribution in [2.75, 3.05) is 6.54 Å². The van der Waals surface area contributed by atoms with Crippen LogP contribution in [0.25, 0.3) is 0 Å². The summed E-state index contributed by atoms with van der Waals surface area (Å²) in [7, 11) is 0. The fraction of sp³-hybridized carbons (Fsp3) is 0.529. The summed E-state index contributed by atoms with van der Waals surface area (Å²) in [5, 5.41) is 2.96. The Labute approximate surface area is 126 Å². The van der Waals surface area contributed by atoms with Crippen LogP contribution in [0.2, 0.25) is 0 Å². The number of benzene rings is 1. The molecule has 114 valence electrons. The molecule has 0 radical (unpaired) electrons. The van der Waals surface area contributed by atoms with Gasteiger partial charge in [-0.25, -0.2) is 0 Å². The summed E-state index contributed by atoms with van der Waals surface area (Å²) < 4.78 is 0. The van der Waals surface area contributed by atoms with E-state index in [2.05, 4.69) is 38.2 Å². The van der Waals surface area contributed by atoms with Crippen molar-refractivity contribution in [3.8, 4) is 0 Å². The number of amides is 2. The zero-order chi connectivity index (χ0) is 15.8. The number of nitrogens with zero attached hydrogens (tertiary/aromatic N) is 1. The van der Waals surface area contributed by atoms with E-state index in [0.29, 0.717) is 6.54 Å². The number of rotatable bonds is 2. The molecule has 1 heterocycles. The molecule has 0 unspecified atom stereocenters. The molecule has 2 amide bonds. The van der Waals surface area contributed by atoms with Gasteiger partial charge in [-0.2, -0.15) is 0 Å². The van der Waals surface area contributed by atoms with Crippen LogP contribution in [0.1, 0.15) is 45.7 Å². The van der Waals surface area contributed by atoms with Gasteiger partial charge in [0.05, 0.1) is 18.6 Å². The molecule has 4 heteroatoms. The van der Waals surface area contributed by atoms with Crippen molar-refractivity contribution in [3.63, 3.8) is 0 Å². The largest absolute Gasteiger partial charge is 0.295 e. The van der Waals surface area contributed by atoms with Gasteiger partial charge in [0.15, 0.2) is 0 Å². The first-order valence-corrected chi connectivity index (χ1v) is 7.30. The highest BCUT2D eigenvalue weighted by Gasteiger charge is 2.39. The van der Waals surface area contributed by atoms with E-state index in [9.17, 15) is 9.59 Å². The first kappa shape index (κ1) is 15.7. The molecule has 2 rings (SSSR count). The maximum absolute atomic E-state index is 12.3. The Morgan fingerprint density at radius 3 is 2.24 bits per heavy atom. The number of imide groups is 1. The van der Waals surface area contributed by atoms with Crippen LogP contribution in [0.5, 0.6) is 0 Å². The Bertz CT molecular complexity index is 553. The molecule has 0 saturated carbocycles. The van der Waals surface area contributed by atoms with Gasteiger partial charge in [0.2, 0.25) is 11.8 Å². The maximum Gasteiger partial charge on any atom is 0.249 e. The molecule has 4 nitrogen and oxygen atoms in total. The molecule has 1 saturated heterocycles. The third-order valence-electron chi connectivity index (χ3n) is 3.92. The van der Waals surface area contributed by atoms with Crippen LogP contribution in [0, 0.1) is 0 Å². The van der Waals surface area contributed by atoms with Gasteiger partial charge in [0, 0.05) is 0 Å². The topological polar surface area (TPSA) is 49.4 Å². The summed E-state index contributed by atoms with van der Waals surface area (Å²) in [6.45, 7) is 10.6. The highest BCUT2D eigenvalue weighted by Crippen LogP contribution is 2.23. The molecule has 0 spiro atoms. The lowest BCUT2D eigenvalue weighted by Crippen LogP contribution is -2.63. The Balaban J connectivity index is 2.17. The van der Waals surface area contributed by atoms with E-state index < -0.39 is 5.54 Å². The predicted molar refractivity (Wildman–Crippen MR) is 82.8 cm³/mol.